The summed E-state index contributed by atoms with van der Waals surface area (Å²) >= 11 is 0. The highest BCUT2D eigenvalue weighted by Gasteiger charge is 2.02. The normalized spacial score (nSPS) is 12.1. The molecule has 0 saturated heterocycles. The highest BCUT2D eigenvalue weighted by Crippen LogP contribution is 2.18. The Morgan fingerprint density at radius 1 is 0.500 bits per heavy atom. The van der Waals surface area contributed by atoms with Crippen LogP contribution in [0.25, 0.3) is 46.4 Å². The molecule has 0 atom stereocenters. The van der Waals surface area contributed by atoms with Crippen molar-refractivity contribution in [1.29, 1.82) is 0 Å². The zero-order chi connectivity index (χ0) is 30.1. The van der Waals surface area contributed by atoms with Crippen molar-refractivity contribution < 1.29 is 10.2 Å². The van der Waals surface area contributed by atoms with Gasteiger partial charge in [0.25, 0.3) is 0 Å². The molecular weight excluding hydrogens is 548 g/mol. The van der Waals surface area contributed by atoms with Gasteiger partial charge in [-0.25, -0.2) is 9.97 Å². The Morgan fingerprint density at radius 2 is 0.886 bits per heavy atom. The van der Waals surface area contributed by atoms with E-state index in [0.717, 1.165) is 44.8 Å². The molecule has 4 N–H and O–H groups in total. The second-order valence-corrected chi connectivity index (χ2v) is 10.1. The van der Waals surface area contributed by atoms with E-state index in [1.165, 1.54) is 0 Å². The molecule has 0 aliphatic carbocycles. The minimum Gasteiger partial charge on any atom is -0.507 e. The molecule has 7 rings (SSSR count). The van der Waals surface area contributed by atoms with Gasteiger partial charge < -0.3 is 20.2 Å². The van der Waals surface area contributed by atoms with E-state index >= 15 is 0 Å². The Balaban J connectivity index is 0.000000159. The summed E-state index contributed by atoms with van der Waals surface area (Å²) in [6, 6.07) is 30.5. The fourth-order valence-electron chi connectivity index (χ4n) is 4.58. The van der Waals surface area contributed by atoms with Crippen LogP contribution in [0.1, 0.15) is 33.9 Å². The fraction of sp³-hybridized carbons (Fsp3) is 0.0556. The maximum atomic E-state index is 9.54. The summed E-state index contributed by atoms with van der Waals surface area (Å²) in [7, 11) is 0. The molecule has 5 aromatic rings. The zero-order valence-electron chi connectivity index (χ0n) is 23.8. The molecule has 216 valence electrons. The predicted octanol–water partition coefficient (Wildman–Crippen LogP) is 7.29. The van der Waals surface area contributed by atoms with Crippen LogP contribution in [0.2, 0.25) is 0 Å². The van der Waals surface area contributed by atoms with Crippen molar-refractivity contribution in [2.45, 2.75) is 0 Å². The summed E-state index contributed by atoms with van der Waals surface area (Å²) in [6.07, 6.45) is 11.3. The van der Waals surface area contributed by atoms with Gasteiger partial charge in [-0.1, -0.05) is 24.3 Å². The first-order valence-electron chi connectivity index (χ1n) is 14.2. The Morgan fingerprint density at radius 3 is 1.32 bits per heavy atom. The quantitative estimate of drug-likeness (QED) is 0.126. The van der Waals surface area contributed by atoms with Crippen LogP contribution in [-0.4, -0.2) is 55.7 Å². The smallest absolute Gasteiger partial charge is 0.124 e. The molecule has 8 nitrogen and oxygen atoms in total. The van der Waals surface area contributed by atoms with Crippen LogP contribution in [0, 0.1) is 0 Å². The van der Waals surface area contributed by atoms with E-state index < -0.39 is 0 Å². The van der Waals surface area contributed by atoms with Crippen LogP contribution in [0.4, 0.5) is 0 Å². The van der Waals surface area contributed by atoms with Gasteiger partial charge >= 0.3 is 0 Å². The topological polar surface area (TPSA) is 123 Å². The lowest BCUT2D eigenvalue weighted by molar-refractivity contribution is 0.474. The van der Waals surface area contributed by atoms with Crippen molar-refractivity contribution in [3.8, 4) is 11.5 Å². The van der Waals surface area contributed by atoms with Crippen LogP contribution in [0.5, 0.6) is 11.5 Å². The van der Waals surface area contributed by atoms with Gasteiger partial charge in [0.2, 0.25) is 0 Å². The number of aromatic amines is 2. The Bertz CT molecular complexity index is 1920. The van der Waals surface area contributed by atoms with Gasteiger partial charge in [0, 0.05) is 45.6 Å². The molecule has 8 bridgehead atoms. The first-order chi connectivity index (χ1) is 21.6. The monoisotopic (exact) mass is 578 g/mol. The molecule has 5 heterocycles. The van der Waals surface area contributed by atoms with E-state index in [2.05, 4.69) is 60.3 Å². The van der Waals surface area contributed by atoms with Crippen molar-refractivity contribution >= 4 is 58.8 Å². The Kier molecular flexibility index (Phi) is 8.50. The van der Waals surface area contributed by atoms with Crippen molar-refractivity contribution in [2.24, 2.45) is 9.98 Å². The second-order valence-electron chi connectivity index (χ2n) is 10.1. The Labute approximate surface area is 254 Å². The van der Waals surface area contributed by atoms with E-state index in [9.17, 15) is 10.2 Å². The molecule has 2 aliphatic rings. The maximum absolute atomic E-state index is 9.54. The van der Waals surface area contributed by atoms with E-state index in [-0.39, 0.29) is 11.5 Å². The van der Waals surface area contributed by atoms with Gasteiger partial charge in [0.1, 0.15) is 11.5 Å². The average molecular weight is 579 g/mol. The van der Waals surface area contributed by atoms with Gasteiger partial charge in [0.05, 0.1) is 35.9 Å². The molecular formula is C36H30N6O2. The number of benzene rings is 2. The van der Waals surface area contributed by atoms with E-state index in [1.54, 1.807) is 48.8 Å². The number of hydrogen-bond acceptors (Lipinski definition) is 6. The zero-order valence-corrected chi connectivity index (χ0v) is 23.8. The number of phenols is 2. The number of nitrogens with zero attached hydrogens (tertiary/aromatic N) is 4. The Hall–Kier alpha value is -6.02. The summed E-state index contributed by atoms with van der Waals surface area (Å²) < 4.78 is 0. The molecule has 8 heteroatoms. The van der Waals surface area contributed by atoms with Crippen LogP contribution in [-0.2, 0) is 0 Å². The lowest BCUT2D eigenvalue weighted by atomic mass is 10.2. The lowest BCUT2D eigenvalue weighted by Crippen LogP contribution is -1.91. The summed E-state index contributed by atoms with van der Waals surface area (Å²) in [6.45, 7) is 1.05. The number of nitrogens with one attached hydrogen (secondary N) is 2. The van der Waals surface area contributed by atoms with E-state index in [1.807, 2.05) is 54.6 Å². The van der Waals surface area contributed by atoms with Gasteiger partial charge in [-0.2, -0.15) is 0 Å². The molecule has 0 fully saturated rings. The molecule has 0 radical (unpaired) electrons. The fourth-order valence-corrected chi connectivity index (χ4v) is 4.58. The van der Waals surface area contributed by atoms with Gasteiger partial charge in [0.15, 0.2) is 0 Å². The summed E-state index contributed by atoms with van der Waals surface area (Å²) in [5.74, 6) is 0.433. The van der Waals surface area contributed by atoms with Crippen molar-refractivity contribution in [1.82, 2.24) is 19.9 Å². The molecule has 0 saturated carbocycles. The molecule has 2 aliphatic heterocycles. The highest BCUT2D eigenvalue weighted by atomic mass is 16.3. The molecule has 0 amide bonds. The number of H-pyrrole nitrogens is 2. The van der Waals surface area contributed by atoms with Crippen molar-refractivity contribution in [3.05, 3.63) is 131 Å². The third-order valence-corrected chi connectivity index (χ3v) is 6.73. The number of para-hydroxylation sites is 2. The molecule has 0 unspecified atom stereocenters. The third kappa shape index (κ3) is 7.43. The summed E-state index contributed by atoms with van der Waals surface area (Å²) in [4.78, 5) is 24.4. The van der Waals surface area contributed by atoms with E-state index in [0.29, 0.717) is 24.2 Å². The third-order valence-electron chi connectivity index (χ3n) is 6.73. The number of rotatable bonds is 5. The largest absolute Gasteiger partial charge is 0.507 e. The first-order valence-corrected chi connectivity index (χ1v) is 14.2. The second kappa shape index (κ2) is 13.3. The number of aromatic hydroxyl groups is 2. The SMILES string of the molecule is C1=Cc2cc3ccc(cc4ccc(cc5nc(cc1n2)C=C5)[nH]4)[nH]3.Oc1ccccc1C=NCCN=Cc1ccccc1O. The number of hydrogen-bond donors (Lipinski definition) is 4. The number of aromatic nitrogens is 4. The van der Waals surface area contributed by atoms with Crippen molar-refractivity contribution in [3.63, 3.8) is 0 Å². The average Bonchev–Trinajstić information content (AvgIpc) is 3.84. The van der Waals surface area contributed by atoms with Crippen LogP contribution in [0.3, 0.4) is 0 Å². The van der Waals surface area contributed by atoms with Crippen LogP contribution in [0.15, 0.2) is 107 Å². The minimum atomic E-state index is 0.217. The molecule has 3 aromatic heterocycles. The molecule has 44 heavy (non-hydrogen) atoms. The van der Waals surface area contributed by atoms with E-state index in [4.69, 9.17) is 0 Å². The highest BCUT2D eigenvalue weighted by molar-refractivity contribution is 5.84. The lowest BCUT2D eigenvalue weighted by Gasteiger charge is -1.97. The summed E-state index contributed by atoms with van der Waals surface area (Å²) in [5, 5.41) is 19.1. The predicted molar refractivity (Wildman–Crippen MR) is 180 cm³/mol. The maximum Gasteiger partial charge on any atom is 0.124 e. The number of phenolic OH excluding ortho intramolecular Hbond substituents is 2. The van der Waals surface area contributed by atoms with Crippen molar-refractivity contribution in [2.75, 3.05) is 13.1 Å². The van der Waals surface area contributed by atoms with Gasteiger partial charge in [-0.05, 0) is 97.1 Å². The molecule has 0 spiro atoms. The first kappa shape index (κ1) is 28.1. The summed E-state index contributed by atoms with van der Waals surface area (Å²) in [5.41, 5.74) is 9.24. The minimum absolute atomic E-state index is 0.217. The van der Waals surface area contributed by atoms with Gasteiger partial charge in [-0.15, -0.1) is 0 Å². The molecule has 2 aromatic carbocycles. The number of fused-ring (bicyclic) bond motifs is 8. The van der Waals surface area contributed by atoms with Crippen LogP contribution >= 0.6 is 0 Å². The number of aliphatic imine (C=N–C) groups is 2. The van der Waals surface area contributed by atoms with Gasteiger partial charge in [-0.3, -0.25) is 9.98 Å². The standard InChI is InChI=1S/C20H14N4.C16H16N2O2/c1-2-14-10-16-5-6-18(23-16)12-20-8-7-19(24-20)11-17-4-3-15(22-17)9-13(1)21-14;19-15-7-3-1-5-13(15)11-17-9-10-18-12-14-6-2-4-8-16(14)20/h1-12,21-22H;1-8,11-12,19-20H,9-10H2. The van der Waals surface area contributed by atoms with Crippen LogP contribution < -0.4 is 0 Å².